The van der Waals surface area contributed by atoms with E-state index in [0.29, 0.717) is 25.9 Å². The molecule has 0 fully saturated rings. The molecular formula is C59H108O7. The van der Waals surface area contributed by atoms with Crippen molar-refractivity contribution in [3.8, 4) is 0 Å². The molecule has 0 heterocycles. The maximum Gasteiger partial charge on any atom is 0.335 e. The minimum absolute atomic E-state index is 0.123. The quantitative estimate of drug-likeness (QED) is 0.0260. The van der Waals surface area contributed by atoms with Gasteiger partial charge < -0.3 is 18.9 Å². The Morgan fingerprint density at radius 3 is 1.06 bits per heavy atom. The highest BCUT2D eigenvalue weighted by Crippen LogP contribution is 2.16. The highest BCUT2D eigenvalue weighted by Gasteiger charge is 2.24. The summed E-state index contributed by atoms with van der Waals surface area (Å²) in [6, 6.07) is 0. The summed E-state index contributed by atoms with van der Waals surface area (Å²) in [6.45, 7) is 8.79. The third-order valence-electron chi connectivity index (χ3n) is 12.5. The van der Waals surface area contributed by atoms with Gasteiger partial charge >= 0.3 is 17.9 Å². The van der Waals surface area contributed by atoms with Crippen molar-refractivity contribution in [1.82, 2.24) is 0 Å². The molecule has 0 bridgehead atoms. The second kappa shape index (κ2) is 53.5. The minimum atomic E-state index is -0.848. The Bertz CT molecular complexity index is 1130. The Balaban J connectivity index is 4.68. The van der Waals surface area contributed by atoms with Crippen molar-refractivity contribution in [2.75, 3.05) is 19.8 Å². The molecule has 0 aromatic heterocycles. The van der Waals surface area contributed by atoms with E-state index in [0.717, 1.165) is 96.3 Å². The predicted molar refractivity (Wildman–Crippen MR) is 281 cm³/mol. The van der Waals surface area contributed by atoms with Crippen LogP contribution < -0.4 is 0 Å². The van der Waals surface area contributed by atoms with Gasteiger partial charge in [-0.05, 0) is 103 Å². The lowest BCUT2D eigenvalue weighted by Gasteiger charge is -2.20. The molecule has 2 unspecified atom stereocenters. The minimum Gasteiger partial charge on any atom is -0.462 e. The molecule has 0 amide bonds. The number of allylic oxidation sites excluding steroid dienone is 6. The summed E-state index contributed by atoms with van der Waals surface area (Å²) in [5.41, 5.74) is 0. The van der Waals surface area contributed by atoms with Gasteiger partial charge in [-0.1, -0.05) is 211 Å². The molecule has 0 aromatic carbocycles. The second-order valence-corrected chi connectivity index (χ2v) is 19.1. The zero-order valence-electron chi connectivity index (χ0n) is 44.1. The average Bonchev–Trinajstić information content (AvgIpc) is 3.31. The van der Waals surface area contributed by atoms with E-state index in [1.807, 2.05) is 6.92 Å². The number of rotatable bonds is 52. The first kappa shape index (κ1) is 63.6. The summed E-state index contributed by atoms with van der Waals surface area (Å²) < 4.78 is 22.9. The second-order valence-electron chi connectivity index (χ2n) is 19.1. The van der Waals surface area contributed by atoms with E-state index in [2.05, 4.69) is 57.2 Å². The van der Waals surface area contributed by atoms with E-state index in [1.54, 1.807) is 0 Å². The third-order valence-corrected chi connectivity index (χ3v) is 12.5. The number of hydrogen-bond donors (Lipinski definition) is 0. The standard InChI is InChI=1S/C59H108O7/c1-5-9-12-15-18-21-24-27-30-33-36-39-42-45-48-51-57(60)64-53-55(66-58(61)52-49-46-43-40-37-34-31-28-25-22-19-16-13-10-6-2)54-65-59(62)56(63-8-4)50-47-44-41-38-35-32-29-26-23-20-17-14-11-7-3/h27-32,55-56H,5-26,33-54H2,1-4H3/b30-27-,31-28-,32-29-. The normalized spacial score (nSPS) is 12.7. The lowest BCUT2D eigenvalue weighted by atomic mass is 10.1. The van der Waals surface area contributed by atoms with Gasteiger partial charge in [-0.25, -0.2) is 4.79 Å². The number of hydrogen-bond acceptors (Lipinski definition) is 7. The number of unbranched alkanes of at least 4 members (excludes halogenated alkanes) is 32. The van der Waals surface area contributed by atoms with Crippen molar-refractivity contribution in [3.63, 3.8) is 0 Å². The average molecular weight is 930 g/mol. The maximum atomic E-state index is 13.2. The van der Waals surface area contributed by atoms with E-state index < -0.39 is 18.2 Å². The SMILES string of the molecule is CCCCCCCC/C=C\CCCCCCCC(=O)OCC(COC(=O)C(CCCCCC/C=C\CCCCCCCC)OCC)OC(=O)CCCCCCC/C=C\CCCCCCCC. The molecule has 7 heteroatoms. The zero-order valence-corrected chi connectivity index (χ0v) is 44.1. The smallest absolute Gasteiger partial charge is 0.335 e. The van der Waals surface area contributed by atoms with Crippen molar-refractivity contribution in [2.24, 2.45) is 0 Å². The van der Waals surface area contributed by atoms with Crippen molar-refractivity contribution in [1.29, 1.82) is 0 Å². The fraction of sp³-hybridized carbons (Fsp3) is 0.847. The Hall–Kier alpha value is -2.41. The van der Waals surface area contributed by atoms with E-state index >= 15 is 0 Å². The van der Waals surface area contributed by atoms with Gasteiger partial charge in [-0.2, -0.15) is 0 Å². The molecule has 0 rings (SSSR count). The van der Waals surface area contributed by atoms with Gasteiger partial charge in [0.25, 0.3) is 0 Å². The Morgan fingerprint density at radius 2 is 0.682 bits per heavy atom. The molecule has 7 nitrogen and oxygen atoms in total. The molecule has 0 saturated heterocycles. The fourth-order valence-corrected chi connectivity index (χ4v) is 8.26. The van der Waals surface area contributed by atoms with Gasteiger partial charge in [-0.3, -0.25) is 9.59 Å². The van der Waals surface area contributed by atoms with E-state index in [4.69, 9.17) is 18.9 Å². The van der Waals surface area contributed by atoms with Crippen LogP contribution in [0, 0.1) is 0 Å². The van der Waals surface area contributed by atoms with Crippen LogP contribution in [0.15, 0.2) is 36.5 Å². The van der Waals surface area contributed by atoms with Crippen LogP contribution in [0.2, 0.25) is 0 Å². The molecule has 386 valence electrons. The lowest BCUT2D eigenvalue weighted by Crippen LogP contribution is -2.34. The summed E-state index contributed by atoms with van der Waals surface area (Å²) in [5.74, 6) is -1.11. The summed E-state index contributed by atoms with van der Waals surface area (Å²) in [6.07, 6.45) is 59.2. The molecule has 0 aliphatic heterocycles. The largest absolute Gasteiger partial charge is 0.462 e. The van der Waals surface area contributed by atoms with Crippen molar-refractivity contribution in [3.05, 3.63) is 36.5 Å². The molecular weight excluding hydrogens is 821 g/mol. The molecule has 0 N–H and O–H groups in total. The summed E-state index contributed by atoms with van der Waals surface area (Å²) in [7, 11) is 0. The predicted octanol–water partition coefficient (Wildman–Crippen LogP) is 18.1. The number of ether oxygens (including phenoxy) is 4. The van der Waals surface area contributed by atoms with Crippen LogP contribution in [-0.2, 0) is 33.3 Å². The lowest BCUT2D eigenvalue weighted by molar-refractivity contribution is -0.172. The monoisotopic (exact) mass is 929 g/mol. The van der Waals surface area contributed by atoms with Gasteiger partial charge in [0.15, 0.2) is 12.2 Å². The molecule has 0 radical (unpaired) electrons. The first-order chi connectivity index (χ1) is 32.5. The number of carbonyl (C=O) groups is 3. The third kappa shape index (κ3) is 48.1. The van der Waals surface area contributed by atoms with E-state index in [-0.39, 0.29) is 25.2 Å². The Labute approximate surface area is 409 Å². The van der Waals surface area contributed by atoms with E-state index in [9.17, 15) is 14.4 Å². The molecule has 0 saturated carbocycles. The molecule has 0 aromatic rings. The molecule has 2 atom stereocenters. The molecule has 66 heavy (non-hydrogen) atoms. The Morgan fingerprint density at radius 1 is 0.364 bits per heavy atom. The fourth-order valence-electron chi connectivity index (χ4n) is 8.26. The highest BCUT2D eigenvalue weighted by atomic mass is 16.6. The molecule has 0 aliphatic rings. The van der Waals surface area contributed by atoms with Crippen LogP contribution in [-0.4, -0.2) is 49.9 Å². The van der Waals surface area contributed by atoms with Crippen LogP contribution in [0.1, 0.15) is 291 Å². The van der Waals surface area contributed by atoms with Crippen LogP contribution in [0.3, 0.4) is 0 Å². The molecule has 0 spiro atoms. The van der Waals surface area contributed by atoms with Gasteiger partial charge in [-0.15, -0.1) is 0 Å². The van der Waals surface area contributed by atoms with Gasteiger partial charge in [0, 0.05) is 19.4 Å². The van der Waals surface area contributed by atoms with Crippen molar-refractivity contribution in [2.45, 2.75) is 303 Å². The van der Waals surface area contributed by atoms with Gasteiger partial charge in [0.1, 0.15) is 13.2 Å². The van der Waals surface area contributed by atoms with E-state index in [1.165, 1.54) is 148 Å². The van der Waals surface area contributed by atoms with Crippen molar-refractivity contribution >= 4 is 17.9 Å². The first-order valence-corrected chi connectivity index (χ1v) is 28.6. The number of esters is 3. The van der Waals surface area contributed by atoms with Gasteiger partial charge in [0.2, 0.25) is 0 Å². The maximum absolute atomic E-state index is 13.2. The number of carbonyl (C=O) groups excluding carboxylic acids is 3. The van der Waals surface area contributed by atoms with Crippen LogP contribution in [0.5, 0.6) is 0 Å². The summed E-state index contributed by atoms with van der Waals surface area (Å²) >= 11 is 0. The Kier molecular flexibility index (Phi) is 51.6. The molecule has 0 aliphatic carbocycles. The van der Waals surface area contributed by atoms with Crippen molar-refractivity contribution < 1.29 is 33.3 Å². The van der Waals surface area contributed by atoms with Crippen LogP contribution >= 0.6 is 0 Å². The van der Waals surface area contributed by atoms with Gasteiger partial charge in [0.05, 0.1) is 0 Å². The van der Waals surface area contributed by atoms with Crippen LogP contribution in [0.4, 0.5) is 0 Å². The first-order valence-electron chi connectivity index (χ1n) is 28.6. The topological polar surface area (TPSA) is 88.1 Å². The summed E-state index contributed by atoms with van der Waals surface area (Å²) in [5, 5.41) is 0. The zero-order chi connectivity index (χ0) is 48.1. The summed E-state index contributed by atoms with van der Waals surface area (Å²) in [4.78, 5) is 38.9. The van der Waals surface area contributed by atoms with Crippen LogP contribution in [0.25, 0.3) is 0 Å². The highest BCUT2D eigenvalue weighted by molar-refractivity contribution is 5.74.